The predicted octanol–water partition coefficient (Wildman–Crippen LogP) is 3.73. The van der Waals surface area contributed by atoms with E-state index in [-0.39, 0.29) is 5.54 Å². The highest BCUT2D eigenvalue weighted by molar-refractivity contribution is 5.78. The van der Waals surface area contributed by atoms with E-state index < -0.39 is 0 Å². The Labute approximate surface area is 152 Å². The first-order valence-corrected chi connectivity index (χ1v) is 10.1. The third-order valence-corrected chi connectivity index (χ3v) is 7.29. The van der Waals surface area contributed by atoms with Crippen molar-refractivity contribution in [2.24, 2.45) is 11.8 Å². The Morgan fingerprint density at radius 2 is 1.92 bits per heavy atom. The van der Waals surface area contributed by atoms with Gasteiger partial charge in [0.2, 0.25) is 5.91 Å². The van der Waals surface area contributed by atoms with Crippen LogP contribution in [0.5, 0.6) is 0 Å². The SMILES string of the molecule is CN(C)[C@H]1CC[C@@]23CCCN2C(=O)CCC[C@H]3[C@H]1Cc1ccccc1. The highest BCUT2D eigenvalue weighted by Crippen LogP contribution is 2.53. The van der Waals surface area contributed by atoms with Crippen molar-refractivity contribution in [2.45, 2.75) is 62.9 Å². The van der Waals surface area contributed by atoms with Gasteiger partial charge in [0.1, 0.15) is 0 Å². The number of amides is 1. The van der Waals surface area contributed by atoms with Crippen LogP contribution in [-0.4, -0.2) is 47.9 Å². The smallest absolute Gasteiger partial charge is 0.223 e. The van der Waals surface area contributed by atoms with E-state index in [0.29, 0.717) is 23.8 Å². The first-order chi connectivity index (χ1) is 12.1. The fourth-order valence-electron chi connectivity index (χ4n) is 6.28. The van der Waals surface area contributed by atoms with Gasteiger partial charge in [-0.15, -0.1) is 0 Å². The summed E-state index contributed by atoms with van der Waals surface area (Å²) in [6.07, 6.45) is 9.09. The number of benzene rings is 1. The number of hydrogen-bond donors (Lipinski definition) is 0. The highest BCUT2D eigenvalue weighted by Gasteiger charge is 2.56. The van der Waals surface area contributed by atoms with Gasteiger partial charge in [-0.2, -0.15) is 0 Å². The average molecular weight is 341 g/mol. The van der Waals surface area contributed by atoms with E-state index in [1.165, 1.54) is 37.7 Å². The average Bonchev–Trinajstić information content (AvgIpc) is 2.96. The molecular weight excluding hydrogens is 308 g/mol. The minimum absolute atomic E-state index is 0.166. The summed E-state index contributed by atoms with van der Waals surface area (Å²) in [5.74, 6) is 1.74. The lowest BCUT2D eigenvalue weighted by Gasteiger charge is -2.54. The normalized spacial score (nSPS) is 35.4. The van der Waals surface area contributed by atoms with Gasteiger partial charge in [-0.3, -0.25) is 4.79 Å². The molecule has 0 radical (unpaired) electrons. The molecule has 1 aromatic carbocycles. The van der Waals surface area contributed by atoms with Crippen LogP contribution in [0.25, 0.3) is 0 Å². The van der Waals surface area contributed by atoms with Gasteiger partial charge >= 0.3 is 0 Å². The molecule has 2 saturated heterocycles. The fraction of sp³-hybridized carbons (Fsp3) is 0.682. The number of carbonyl (C=O) groups excluding carboxylic acids is 1. The fourth-order valence-corrected chi connectivity index (χ4v) is 6.28. The Kier molecular flexibility index (Phi) is 4.61. The Morgan fingerprint density at radius 3 is 2.68 bits per heavy atom. The summed E-state index contributed by atoms with van der Waals surface area (Å²) in [4.78, 5) is 17.5. The molecule has 0 N–H and O–H groups in total. The maximum absolute atomic E-state index is 12.7. The summed E-state index contributed by atoms with van der Waals surface area (Å²) in [5.41, 5.74) is 1.62. The van der Waals surface area contributed by atoms with Crippen molar-refractivity contribution in [3.63, 3.8) is 0 Å². The third-order valence-electron chi connectivity index (χ3n) is 7.29. The number of nitrogens with zero attached hydrogens (tertiary/aromatic N) is 2. The molecule has 2 heterocycles. The summed E-state index contributed by atoms with van der Waals surface area (Å²) in [6, 6.07) is 11.6. The summed E-state index contributed by atoms with van der Waals surface area (Å²) in [5, 5.41) is 0. The monoisotopic (exact) mass is 340 g/mol. The van der Waals surface area contributed by atoms with E-state index in [1.54, 1.807) is 0 Å². The number of rotatable bonds is 3. The Bertz CT molecular complexity index is 614. The molecule has 3 fully saturated rings. The summed E-state index contributed by atoms with van der Waals surface area (Å²) < 4.78 is 0. The minimum atomic E-state index is 0.166. The van der Waals surface area contributed by atoms with Gasteiger partial charge in [-0.1, -0.05) is 30.3 Å². The zero-order valence-electron chi connectivity index (χ0n) is 15.8. The Hall–Kier alpha value is -1.35. The molecule has 3 nitrogen and oxygen atoms in total. The molecule has 25 heavy (non-hydrogen) atoms. The van der Waals surface area contributed by atoms with Gasteiger partial charge in [-0.05, 0) is 76.4 Å². The quantitative estimate of drug-likeness (QED) is 0.837. The number of hydrogen-bond acceptors (Lipinski definition) is 2. The zero-order chi connectivity index (χ0) is 17.4. The van der Waals surface area contributed by atoms with E-state index in [9.17, 15) is 4.79 Å². The minimum Gasteiger partial charge on any atom is -0.337 e. The van der Waals surface area contributed by atoms with Crippen molar-refractivity contribution < 1.29 is 4.79 Å². The molecule has 136 valence electrons. The van der Waals surface area contributed by atoms with Crippen molar-refractivity contribution >= 4 is 5.91 Å². The van der Waals surface area contributed by atoms with Crippen molar-refractivity contribution in [1.82, 2.24) is 9.80 Å². The molecule has 4 atom stereocenters. The zero-order valence-corrected chi connectivity index (χ0v) is 15.8. The second-order valence-corrected chi connectivity index (χ2v) is 8.67. The molecule has 1 spiro atoms. The molecule has 1 aliphatic carbocycles. The molecule has 3 aliphatic rings. The van der Waals surface area contributed by atoms with Gasteiger partial charge in [0, 0.05) is 24.5 Å². The molecular formula is C22H32N2O. The van der Waals surface area contributed by atoms with Crippen LogP contribution >= 0.6 is 0 Å². The second kappa shape index (κ2) is 6.75. The van der Waals surface area contributed by atoms with Crippen LogP contribution in [0.2, 0.25) is 0 Å². The Morgan fingerprint density at radius 1 is 1.12 bits per heavy atom. The molecule has 4 rings (SSSR count). The lowest BCUT2D eigenvalue weighted by atomic mass is 9.61. The lowest BCUT2D eigenvalue weighted by molar-refractivity contribution is -0.139. The standard InChI is InChI=1S/C22H32N2O/c1-23(2)20-12-14-22-13-7-15-24(22)21(25)11-6-10-19(22)18(20)16-17-8-4-3-5-9-17/h3-5,8-9,18-20H,6-7,10-16H2,1-2H3/t18-,19+,20+,22-/m1/s1. The van der Waals surface area contributed by atoms with Gasteiger partial charge in [0.05, 0.1) is 0 Å². The van der Waals surface area contributed by atoms with Gasteiger partial charge in [-0.25, -0.2) is 0 Å². The molecule has 1 saturated carbocycles. The lowest BCUT2D eigenvalue weighted by Crippen LogP contribution is -2.60. The van der Waals surface area contributed by atoms with Crippen molar-refractivity contribution in [3.05, 3.63) is 35.9 Å². The molecule has 3 heteroatoms. The first-order valence-electron chi connectivity index (χ1n) is 10.1. The topological polar surface area (TPSA) is 23.6 Å². The van der Waals surface area contributed by atoms with E-state index in [0.717, 1.165) is 25.8 Å². The van der Waals surface area contributed by atoms with Crippen molar-refractivity contribution in [2.75, 3.05) is 20.6 Å². The van der Waals surface area contributed by atoms with Gasteiger partial charge < -0.3 is 9.80 Å². The third kappa shape index (κ3) is 2.91. The van der Waals surface area contributed by atoms with Crippen LogP contribution in [0.15, 0.2) is 30.3 Å². The van der Waals surface area contributed by atoms with Crippen molar-refractivity contribution in [1.29, 1.82) is 0 Å². The second-order valence-electron chi connectivity index (χ2n) is 8.67. The predicted molar refractivity (Wildman–Crippen MR) is 101 cm³/mol. The van der Waals surface area contributed by atoms with E-state index in [1.807, 2.05) is 0 Å². The highest BCUT2D eigenvalue weighted by atomic mass is 16.2. The van der Waals surface area contributed by atoms with Crippen LogP contribution in [-0.2, 0) is 11.2 Å². The number of carbonyl (C=O) groups is 1. The largest absolute Gasteiger partial charge is 0.337 e. The van der Waals surface area contributed by atoms with Gasteiger partial charge in [0.15, 0.2) is 0 Å². The van der Waals surface area contributed by atoms with Crippen LogP contribution < -0.4 is 0 Å². The van der Waals surface area contributed by atoms with Crippen molar-refractivity contribution in [3.8, 4) is 0 Å². The summed E-state index contributed by atoms with van der Waals surface area (Å²) in [7, 11) is 4.49. The summed E-state index contributed by atoms with van der Waals surface area (Å²) in [6.45, 7) is 1.00. The van der Waals surface area contributed by atoms with E-state index in [4.69, 9.17) is 0 Å². The van der Waals surface area contributed by atoms with E-state index in [2.05, 4.69) is 54.2 Å². The molecule has 2 aliphatic heterocycles. The molecule has 1 amide bonds. The van der Waals surface area contributed by atoms with Crippen LogP contribution in [0.4, 0.5) is 0 Å². The maximum atomic E-state index is 12.7. The van der Waals surface area contributed by atoms with Crippen LogP contribution in [0.3, 0.4) is 0 Å². The van der Waals surface area contributed by atoms with E-state index >= 15 is 0 Å². The summed E-state index contributed by atoms with van der Waals surface area (Å²) >= 11 is 0. The van der Waals surface area contributed by atoms with Gasteiger partial charge in [0.25, 0.3) is 0 Å². The Balaban J connectivity index is 1.70. The first kappa shape index (κ1) is 17.1. The molecule has 0 aromatic heterocycles. The molecule has 1 aromatic rings. The van der Waals surface area contributed by atoms with Crippen LogP contribution in [0.1, 0.15) is 50.5 Å². The maximum Gasteiger partial charge on any atom is 0.223 e. The molecule has 0 bridgehead atoms. The van der Waals surface area contributed by atoms with Crippen LogP contribution in [0, 0.1) is 11.8 Å². The molecule has 0 unspecified atom stereocenters.